The van der Waals surface area contributed by atoms with Crippen molar-refractivity contribution in [3.05, 3.63) is 42.1 Å². The van der Waals surface area contributed by atoms with Gasteiger partial charge in [-0.1, -0.05) is 22.9 Å². The van der Waals surface area contributed by atoms with Crippen molar-refractivity contribution in [3.8, 4) is 5.88 Å². The predicted octanol–water partition coefficient (Wildman–Crippen LogP) is 2.06. The Hall–Kier alpha value is -1.84. The molecule has 0 aliphatic carbocycles. The van der Waals surface area contributed by atoms with E-state index < -0.39 is 11.9 Å². The molecule has 0 unspecified atom stereocenters. The maximum atomic E-state index is 12.3. The molecule has 1 aromatic heterocycles. The van der Waals surface area contributed by atoms with E-state index in [-0.39, 0.29) is 22.0 Å². The van der Waals surface area contributed by atoms with Gasteiger partial charge in [0, 0.05) is 9.69 Å². The number of amides is 1. The zero-order valence-corrected chi connectivity index (χ0v) is 16.3. The van der Waals surface area contributed by atoms with Gasteiger partial charge in [-0.15, -0.1) is 11.3 Å². The van der Waals surface area contributed by atoms with Crippen molar-refractivity contribution in [2.45, 2.75) is 19.9 Å². The van der Waals surface area contributed by atoms with Gasteiger partial charge in [-0.05, 0) is 36.8 Å². The minimum atomic E-state index is -0.492. The van der Waals surface area contributed by atoms with E-state index in [0.29, 0.717) is 28.5 Å². The van der Waals surface area contributed by atoms with E-state index in [1.807, 2.05) is 6.92 Å². The molecule has 6 nitrogen and oxygen atoms in total. The standard InChI is InChI=1S/C16H13BrN2O4S2/c1-2-5-23-11(20)7-19-15(22)13(25-16(19)24)12-9-6-8(17)3-4-10(9)18-14(12)21/h3-4,6,22H,2,5,7H2,1H3. The fourth-order valence-electron chi connectivity index (χ4n) is 2.40. The summed E-state index contributed by atoms with van der Waals surface area (Å²) in [4.78, 5) is 28.4. The van der Waals surface area contributed by atoms with Crippen LogP contribution in [0.1, 0.15) is 18.2 Å². The minimum absolute atomic E-state index is 0.203. The number of hydrogen-bond donors (Lipinski definition) is 1. The van der Waals surface area contributed by atoms with E-state index in [0.717, 1.165) is 15.8 Å². The summed E-state index contributed by atoms with van der Waals surface area (Å²) in [6.07, 6.45) is 0.706. The quantitative estimate of drug-likeness (QED) is 0.568. The topological polar surface area (TPSA) is 80.9 Å². The second-order valence-corrected chi connectivity index (χ2v) is 7.84. The van der Waals surface area contributed by atoms with Crippen molar-refractivity contribution in [2.24, 2.45) is 4.99 Å². The van der Waals surface area contributed by atoms with E-state index in [9.17, 15) is 14.7 Å². The molecule has 0 spiro atoms. The summed E-state index contributed by atoms with van der Waals surface area (Å²) in [6, 6.07) is 5.27. The number of nitrogens with zero attached hydrogens (tertiary/aromatic N) is 2. The molecule has 1 aliphatic heterocycles. The Kier molecular flexibility index (Phi) is 5.16. The van der Waals surface area contributed by atoms with E-state index >= 15 is 0 Å². The third-order valence-electron chi connectivity index (χ3n) is 3.51. The lowest BCUT2D eigenvalue weighted by atomic mass is 10.1. The fraction of sp³-hybridized carbons (Fsp3) is 0.250. The van der Waals surface area contributed by atoms with Crippen molar-refractivity contribution in [1.29, 1.82) is 0 Å². The molecule has 1 N–H and O–H groups in total. The molecule has 0 saturated carbocycles. The number of ether oxygens (including phenoxy) is 1. The van der Waals surface area contributed by atoms with Crippen LogP contribution in [-0.2, 0) is 20.9 Å². The Balaban J connectivity index is 2.09. The van der Waals surface area contributed by atoms with E-state index in [1.165, 1.54) is 4.57 Å². The van der Waals surface area contributed by atoms with E-state index in [2.05, 4.69) is 20.9 Å². The van der Waals surface area contributed by atoms with Gasteiger partial charge >= 0.3 is 5.97 Å². The Morgan fingerprint density at radius 3 is 2.96 bits per heavy atom. The summed E-state index contributed by atoms with van der Waals surface area (Å²) >= 11 is 9.67. The highest BCUT2D eigenvalue weighted by atomic mass is 79.9. The molecule has 0 saturated heterocycles. The number of carbonyl (C=O) groups is 2. The summed E-state index contributed by atoms with van der Waals surface area (Å²) < 4.78 is 7.36. The number of aromatic hydroxyl groups is 1. The third-order valence-corrected chi connectivity index (χ3v) is 5.46. The first kappa shape index (κ1) is 18.0. The SMILES string of the molecule is CCCOC(=O)Cn1c(O)c(C2=c3cc(Br)ccc3=NC2=O)sc1=S. The summed E-state index contributed by atoms with van der Waals surface area (Å²) in [5, 5.41) is 11.7. The molecular formula is C16H13BrN2O4S2. The van der Waals surface area contributed by atoms with Gasteiger partial charge < -0.3 is 9.84 Å². The Bertz CT molecular complexity index is 1060. The number of halogens is 1. The van der Waals surface area contributed by atoms with Crippen molar-refractivity contribution in [2.75, 3.05) is 6.61 Å². The van der Waals surface area contributed by atoms with Crippen LogP contribution in [0.5, 0.6) is 5.88 Å². The molecule has 0 atom stereocenters. The Morgan fingerprint density at radius 1 is 1.48 bits per heavy atom. The monoisotopic (exact) mass is 440 g/mol. The summed E-state index contributed by atoms with van der Waals surface area (Å²) in [7, 11) is 0. The molecule has 0 bridgehead atoms. The molecule has 1 aromatic carbocycles. The van der Waals surface area contributed by atoms with Crippen LogP contribution in [-0.4, -0.2) is 28.2 Å². The highest BCUT2D eigenvalue weighted by Crippen LogP contribution is 2.32. The van der Waals surface area contributed by atoms with Crippen molar-refractivity contribution >= 4 is 56.9 Å². The van der Waals surface area contributed by atoms with Crippen molar-refractivity contribution < 1.29 is 19.4 Å². The Labute approximate surface area is 160 Å². The Morgan fingerprint density at radius 2 is 2.24 bits per heavy atom. The molecular weight excluding hydrogens is 428 g/mol. The van der Waals surface area contributed by atoms with Gasteiger partial charge in [-0.3, -0.25) is 14.2 Å². The molecule has 3 rings (SSSR count). The van der Waals surface area contributed by atoms with Gasteiger partial charge in [-0.2, -0.15) is 0 Å². The van der Waals surface area contributed by atoms with Gasteiger partial charge in [0.2, 0.25) is 5.88 Å². The lowest BCUT2D eigenvalue weighted by molar-refractivity contribution is -0.144. The average Bonchev–Trinajstić information content (AvgIpc) is 3.02. The number of hydrogen-bond acceptors (Lipinski definition) is 6. The molecule has 0 radical (unpaired) electrons. The average molecular weight is 441 g/mol. The van der Waals surface area contributed by atoms with Crippen LogP contribution in [0.2, 0.25) is 0 Å². The zero-order chi connectivity index (χ0) is 18.1. The smallest absolute Gasteiger partial charge is 0.326 e. The van der Waals surface area contributed by atoms with Crippen molar-refractivity contribution in [1.82, 2.24) is 4.57 Å². The number of fused-ring (bicyclic) bond motifs is 1. The molecule has 1 aliphatic rings. The second-order valence-electron chi connectivity index (χ2n) is 5.28. The van der Waals surface area contributed by atoms with Crippen LogP contribution in [0, 0.1) is 3.95 Å². The van der Waals surface area contributed by atoms with Crippen LogP contribution in [0.4, 0.5) is 0 Å². The van der Waals surface area contributed by atoms with Crippen LogP contribution in [0.15, 0.2) is 27.7 Å². The zero-order valence-electron chi connectivity index (χ0n) is 13.1. The van der Waals surface area contributed by atoms with E-state index in [4.69, 9.17) is 17.0 Å². The molecule has 1 amide bonds. The van der Waals surface area contributed by atoms with Gasteiger partial charge in [-0.25, -0.2) is 4.99 Å². The number of rotatable bonds is 5. The van der Waals surface area contributed by atoms with E-state index in [1.54, 1.807) is 18.2 Å². The molecule has 9 heteroatoms. The molecule has 0 fully saturated rings. The molecule has 2 heterocycles. The van der Waals surface area contributed by atoms with Gasteiger partial charge in [0.05, 0.1) is 17.5 Å². The number of esters is 1. The maximum Gasteiger partial charge on any atom is 0.326 e. The van der Waals surface area contributed by atoms with Crippen LogP contribution in [0.25, 0.3) is 5.57 Å². The largest absolute Gasteiger partial charge is 0.493 e. The molecule has 25 heavy (non-hydrogen) atoms. The number of aromatic nitrogens is 1. The van der Waals surface area contributed by atoms with Crippen LogP contribution in [0.3, 0.4) is 0 Å². The fourth-order valence-corrected chi connectivity index (χ4v) is 4.09. The number of benzene rings is 1. The van der Waals surface area contributed by atoms with Crippen molar-refractivity contribution in [3.63, 3.8) is 0 Å². The van der Waals surface area contributed by atoms with Crippen LogP contribution < -0.4 is 10.6 Å². The molecule has 2 aromatic rings. The third kappa shape index (κ3) is 3.44. The number of thiazole rings is 1. The maximum absolute atomic E-state index is 12.3. The first-order valence-electron chi connectivity index (χ1n) is 7.44. The second kappa shape index (κ2) is 7.19. The van der Waals surface area contributed by atoms with Gasteiger partial charge in [0.15, 0.2) is 3.95 Å². The highest BCUT2D eigenvalue weighted by molar-refractivity contribution is 9.10. The molecule has 130 valence electrons. The lowest BCUT2D eigenvalue weighted by Crippen LogP contribution is -2.22. The summed E-state index contributed by atoms with van der Waals surface area (Å²) in [5.74, 6) is -1.16. The highest BCUT2D eigenvalue weighted by Gasteiger charge is 2.26. The van der Waals surface area contributed by atoms with Gasteiger partial charge in [0.1, 0.15) is 11.4 Å². The summed E-state index contributed by atoms with van der Waals surface area (Å²) in [6.45, 7) is 1.99. The normalized spacial score (nSPS) is 12.9. The van der Waals surface area contributed by atoms with Gasteiger partial charge in [0.25, 0.3) is 5.91 Å². The minimum Gasteiger partial charge on any atom is -0.493 e. The van der Waals surface area contributed by atoms with Crippen LogP contribution >= 0.6 is 39.5 Å². The summed E-state index contributed by atoms with van der Waals surface area (Å²) in [5.41, 5.74) is 0.283. The lowest BCUT2D eigenvalue weighted by Gasteiger charge is -2.06. The first-order chi connectivity index (χ1) is 11.9. The first-order valence-corrected chi connectivity index (χ1v) is 9.45. The predicted molar refractivity (Wildman–Crippen MR) is 98.5 cm³/mol. The number of carbonyl (C=O) groups excluding carboxylic acids is 2.